The van der Waals surface area contributed by atoms with E-state index in [0.29, 0.717) is 0 Å². The highest BCUT2D eigenvalue weighted by atomic mass is 79.9. The topological polar surface area (TPSA) is 37.8 Å². The summed E-state index contributed by atoms with van der Waals surface area (Å²) in [5.41, 5.74) is 3.43. The Hall–Kier alpha value is -1.78. The SMILES string of the molecule is C[C@@H](NCc1ccc(Br)c2cccnc12)c1cccnc1. The molecule has 1 N–H and O–H groups in total. The maximum atomic E-state index is 4.51. The summed E-state index contributed by atoms with van der Waals surface area (Å²) in [5, 5.41) is 4.68. The molecule has 4 heteroatoms. The lowest BCUT2D eigenvalue weighted by atomic mass is 10.1. The lowest BCUT2D eigenvalue weighted by Gasteiger charge is -2.15. The molecule has 2 aromatic heterocycles. The molecule has 0 aliphatic heterocycles. The third-order valence-corrected chi connectivity index (χ3v) is 4.27. The van der Waals surface area contributed by atoms with Crippen LogP contribution in [-0.2, 0) is 6.54 Å². The molecule has 0 aliphatic rings. The molecule has 1 aromatic carbocycles. The van der Waals surface area contributed by atoms with Crippen molar-refractivity contribution < 1.29 is 0 Å². The van der Waals surface area contributed by atoms with Crippen LogP contribution in [0.4, 0.5) is 0 Å². The van der Waals surface area contributed by atoms with Crippen LogP contribution in [-0.4, -0.2) is 9.97 Å². The first-order chi connectivity index (χ1) is 10.3. The highest BCUT2D eigenvalue weighted by Gasteiger charge is 2.08. The molecule has 0 amide bonds. The molecule has 0 fully saturated rings. The molecule has 0 unspecified atom stereocenters. The van der Waals surface area contributed by atoms with Crippen LogP contribution in [0.5, 0.6) is 0 Å². The van der Waals surface area contributed by atoms with E-state index in [1.165, 1.54) is 11.1 Å². The number of pyridine rings is 2. The van der Waals surface area contributed by atoms with Gasteiger partial charge in [-0.05, 0) is 36.2 Å². The van der Waals surface area contributed by atoms with E-state index < -0.39 is 0 Å². The summed E-state index contributed by atoms with van der Waals surface area (Å²) in [6.07, 6.45) is 5.53. The van der Waals surface area contributed by atoms with Crippen LogP contribution in [0.2, 0.25) is 0 Å². The molecular weight excluding hydrogens is 326 g/mol. The molecule has 0 saturated heterocycles. The van der Waals surface area contributed by atoms with E-state index in [2.05, 4.69) is 62.4 Å². The van der Waals surface area contributed by atoms with Gasteiger partial charge in [-0.1, -0.05) is 34.1 Å². The molecule has 3 rings (SSSR count). The minimum atomic E-state index is 0.251. The van der Waals surface area contributed by atoms with Crippen molar-refractivity contribution in [2.24, 2.45) is 0 Å². The molecule has 1 atom stereocenters. The summed E-state index contributed by atoms with van der Waals surface area (Å²) >= 11 is 3.58. The molecule has 0 radical (unpaired) electrons. The van der Waals surface area contributed by atoms with Crippen LogP contribution in [0.25, 0.3) is 10.9 Å². The number of nitrogens with zero attached hydrogens (tertiary/aromatic N) is 2. The van der Waals surface area contributed by atoms with Crippen molar-refractivity contribution in [2.75, 3.05) is 0 Å². The number of hydrogen-bond acceptors (Lipinski definition) is 3. The van der Waals surface area contributed by atoms with Crippen molar-refractivity contribution >= 4 is 26.8 Å². The normalized spacial score (nSPS) is 12.5. The van der Waals surface area contributed by atoms with Gasteiger partial charge in [-0.3, -0.25) is 9.97 Å². The number of halogens is 1. The van der Waals surface area contributed by atoms with E-state index in [-0.39, 0.29) is 6.04 Å². The lowest BCUT2D eigenvalue weighted by molar-refractivity contribution is 0.574. The number of benzene rings is 1. The Balaban J connectivity index is 1.81. The lowest BCUT2D eigenvalue weighted by Crippen LogP contribution is -2.18. The summed E-state index contributed by atoms with van der Waals surface area (Å²) in [4.78, 5) is 8.67. The first kappa shape index (κ1) is 14.2. The number of fused-ring (bicyclic) bond motifs is 1. The zero-order valence-corrected chi connectivity index (χ0v) is 13.3. The maximum absolute atomic E-state index is 4.51. The van der Waals surface area contributed by atoms with Crippen molar-refractivity contribution in [1.29, 1.82) is 0 Å². The average Bonchev–Trinajstić information content (AvgIpc) is 2.55. The Morgan fingerprint density at radius 2 is 2.00 bits per heavy atom. The number of rotatable bonds is 4. The van der Waals surface area contributed by atoms with Gasteiger partial charge in [-0.2, -0.15) is 0 Å². The van der Waals surface area contributed by atoms with E-state index >= 15 is 0 Å². The van der Waals surface area contributed by atoms with Crippen molar-refractivity contribution in [2.45, 2.75) is 19.5 Å². The quantitative estimate of drug-likeness (QED) is 0.771. The molecule has 21 heavy (non-hydrogen) atoms. The highest BCUT2D eigenvalue weighted by Crippen LogP contribution is 2.25. The number of nitrogens with one attached hydrogen (secondary N) is 1. The van der Waals surface area contributed by atoms with Gasteiger partial charge in [-0.25, -0.2) is 0 Å². The fourth-order valence-electron chi connectivity index (χ4n) is 2.35. The molecular formula is C17H16BrN3. The Bertz CT molecular complexity index is 743. The third kappa shape index (κ3) is 3.12. The number of hydrogen-bond donors (Lipinski definition) is 1. The molecule has 0 spiro atoms. The minimum Gasteiger partial charge on any atom is -0.306 e. The summed E-state index contributed by atoms with van der Waals surface area (Å²) in [7, 11) is 0. The van der Waals surface area contributed by atoms with Crippen molar-refractivity contribution in [1.82, 2.24) is 15.3 Å². The summed E-state index contributed by atoms with van der Waals surface area (Å²) in [6.45, 7) is 2.92. The first-order valence-corrected chi connectivity index (χ1v) is 7.70. The fraction of sp³-hybridized carbons (Fsp3) is 0.176. The molecule has 3 aromatic rings. The van der Waals surface area contributed by atoms with E-state index in [4.69, 9.17) is 0 Å². The van der Waals surface area contributed by atoms with Crippen molar-refractivity contribution in [3.8, 4) is 0 Å². The largest absolute Gasteiger partial charge is 0.306 e. The standard InChI is InChI=1S/C17H16BrN3/c1-12(13-4-2-8-19-10-13)21-11-14-6-7-16(18)15-5-3-9-20-17(14)15/h2-10,12,21H,11H2,1H3/t12-/m1/s1. The molecule has 106 valence electrons. The van der Waals surface area contributed by atoms with Crippen LogP contribution in [0.1, 0.15) is 24.1 Å². The third-order valence-electron chi connectivity index (χ3n) is 3.58. The van der Waals surface area contributed by atoms with Crippen molar-refractivity contribution in [3.05, 3.63) is 70.6 Å². The van der Waals surface area contributed by atoms with E-state index in [0.717, 1.165) is 21.9 Å². The summed E-state index contributed by atoms with van der Waals surface area (Å²) < 4.78 is 1.08. The zero-order chi connectivity index (χ0) is 14.7. The summed E-state index contributed by atoms with van der Waals surface area (Å²) in [6, 6.07) is 12.5. The highest BCUT2D eigenvalue weighted by molar-refractivity contribution is 9.10. The molecule has 0 aliphatic carbocycles. The predicted molar refractivity (Wildman–Crippen MR) is 88.9 cm³/mol. The van der Waals surface area contributed by atoms with Crippen LogP contribution in [0.15, 0.2) is 59.5 Å². The second-order valence-electron chi connectivity index (χ2n) is 5.00. The van der Waals surface area contributed by atoms with E-state index in [1.807, 2.05) is 24.5 Å². The molecule has 3 nitrogen and oxygen atoms in total. The van der Waals surface area contributed by atoms with Gasteiger partial charge in [0, 0.05) is 41.0 Å². The average molecular weight is 342 g/mol. The smallest absolute Gasteiger partial charge is 0.0758 e. The van der Waals surface area contributed by atoms with Crippen LogP contribution in [0, 0.1) is 0 Å². The first-order valence-electron chi connectivity index (χ1n) is 6.91. The van der Waals surface area contributed by atoms with Gasteiger partial charge < -0.3 is 5.32 Å². The molecule has 0 saturated carbocycles. The van der Waals surface area contributed by atoms with Crippen LogP contribution in [0.3, 0.4) is 0 Å². The predicted octanol–water partition coefficient (Wildman–Crippen LogP) is 4.24. The van der Waals surface area contributed by atoms with Gasteiger partial charge >= 0.3 is 0 Å². The van der Waals surface area contributed by atoms with Crippen LogP contribution >= 0.6 is 15.9 Å². The minimum absolute atomic E-state index is 0.251. The van der Waals surface area contributed by atoms with Crippen LogP contribution < -0.4 is 5.32 Å². The van der Waals surface area contributed by atoms with Gasteiger partial charge in [0.05, 0.1) is 5.52 Å². The zero-order valence-electron chi connectivity index (χ0n) is 11.8. The van der Waals surface area contributed by atoms with E-state index in [9.17, 15) is 0 Å². The van der Waals surface area contributed by atoms with Gasteiger partial charge in [0.25, 0.3) is 0 Å². The molecule has 0 bridgehead atoms. The Morgan fingerprint density at radius 3 is 2.81 bits per heavy atom. The van der Waals surface area contributed by atoms with E-state index in [1.54, 1.807) is 6.20 Å². The second kappa shape index (κ2) is 6.33. The maximum Gasteiger partial charge on any atom is 0.0758 e. The van der Waals surface area contributed by atoms with Gasteiger partial charge in [-0.15, -0.1) is 0 Å². The Morgan fingerprint density at radius 1 is 1.14 bits per heavy atom. The number of aromatic nitrogens is 2. The second-order valence-corrected chi connectivity index (χ2v) is 5.85. The molecule has 2 heterocycles. The monoisotopic (exact) mass is 341 g/mol. The van der Waals surface area contributed by atoms with Gasteiger partial charge in [0.2, 0.25) is 0 Å². The Kier molecular flexibility index (Phi) is 4.27. The van der Waals surface area contributed by atoms with Crippen molar-refractivity contribution in [3.63, 3.8) is 0 Å². The Labute approximate surface area is 132 Å². The van der Waals surface area contributed by atoms with Gasteiger partial charge in [0.1, 0.15) is 0 Å². The fourth-order valence-corrected chi connectivity index (χ4v) is 2.80. The van der Waals surface area contributed by atoms with Gasteiger partial charge in [0.15, 0.2) is 0 Å². The summed E-state index contributed by atoms with van der Waals surface area (Å²) in [5.74, 6) is 0.